The van der Waals surface area contributed by atoms with Gasteiger partial charge in [0, 0.05) is 6.08 Å². The van der Waals surface area contributed by atoms with Crippen molar-refractivity contribution in [2.75, 3.05) is 5.32 Å². The van der Waals surface area contributed by atoms with Gasteiger partial charge in [0.05, 0.1) is 5.69 Å². The molecular formula is C12H11N5O3. The predicted octanol–water partition coefficient (Wildman–Crippen LogP) is 0.410. The van der Waals surface area contributed by atoms with Crippen molar-refractivity contribution in [2.24, 2.45) is 0 Å². The number of anilines is 1. The van der Waals surface area contributed by atoms with Crippen LogP contribution in [0.1, 0.15) is 5.69 Å². The highest BCUT2D eigenvalue weighted by atomic mass is 16.4. The highest BCUT2D eigenvalue weighted by molar-refractivity contribution is 5.89. The van der Waals surface area contributed by atoms with Gasteiger partial charge >= 0.3 is 5.97 Å². The topological polar surface area (TPSA) is 110 Å². The van der Waals surface area contributed by atoms with E-state index in [4.69, 9.17) is 5.11 Å². The zero-order chi connectivity index (χ0) is 14.4. The van der Waals surface area contributed by atoms with E-state index in [2.05, 4.69) is 20.4 Å². The Bertz CT molecular complexity index is 636. The molecule has 2 aromatic rings. The SMILES string of the molecule is O=C(O)C=Cc1cccc(NC(=O)Cn2cncn2)n1. The normalized spacial score (nSPS) is 10.6. The maximum atomic E-state index is 11.7. The number of carboxylic acid groups (broad SMARTS) is 1. The minimum absolute atomic E-state index is 0.0247. The third-order valence-corrected chi connectivity index (χ3v) is 2.21. The molecule has 102 valence electrons. The average molecular weight is 273 g/mol. The zero-order valence-electron chi connectivity index (χ0n) is 10.3. The molecule has 0 bridgehead atoms. The number of aromatic nitrogens is 4. The molecule has 0 saturated heterocycles. The fourth-order valence-electron chi connectivity index (χ4n) is 1.41. The van der Waals surface area contributed by atoms with Crippen molar-refractivity contribution in [1.82, 2.24) is 19.7 Å². The second kappa shape index (κ2) is 6.23. The predicted molar refractivity (Wildman–Crippen MR) is 69.6 cm³/mol. The summed E-state index contributed by atoms with van der Waals surface area (Å²) >= 11 is 0. The number of pyridine rings is 1. The van der Waals surface area contributed by atoms with Gasteiger partial charge in [-0.2, -0.15) is 5.10 Å². The molecule has 0 radical (unpaired) electrons. The van der Waals surface area contributed by atoms with Crippen LogP contribution >= 0.6 is 0 Å². The summed E-state index contributed by atoms with van der Waals surface area (Å²) in [6.45, 7) is 0.0247. The molecule has 2 aromatic heterocycles. The maximum Gasteiger partial charge on any atom is 0.328 e. The van der Waals surface area contributed by atoms with E-state index >= 15 is 0 Å². The summed E-state index contributed by atoms with van der Waals surface area (Å²) in [5.74, 6) is -1.03. The molecule has 0 aliphatic heterocycles. The van der Waals surface area contributed by atoms with Crippen molar-refractivity contribution in [3.8, 4) is 0 Å². The summed E-state index contributed by atoms with van der Waals surface area (Å²) in [4.78, 5) is 29.9. The Kier molecular flexibility index (Phi) is 4.17. The number of amides is 1. The largest absolute Gasteiger partial charge is 0.478 e. The quantitative estimate of drug-likeness (QED) is 0.763. The van der Waals surface area contributed by atoms with Crippen LogP contribution < -0.4 is 5.32 Å². The van der Waals surface area contributed by atoms with Gasteiger partial charge in [0.2, 0.25) is 5.91 Å². The number of hydrogen-bond acceptors (Lipinski definition) is 5. The highest BCUT2D eigenvalue weighted by Crippen LogP contribution is 2.06. The Balaban J connectivity index is 2.00. The summed E-state index contributed by atoms with van der Waals surface area (Å²) in [5, 5.41) is 14.9. The number of hydrogen-bond donors (Lipinski definition) is 2. The number of nitrogens with one attached hydrogen (secondary N) is 1. The monoisotopic (exact) mass is 273 g/mol. The van der Waals surface area contributed by atoms with Crippen LogP contribution in [-0.4, -0.2) is 36.7 Å². The van der Waals surface area contributed by atoms with Crippen LogP contribution in [0.15, 0.2) is 36.9 Å². The second-order valence-corrected chi connectivity index (χ2v) is 3.76. The van der Waals surface area contributed by atoms with Gasteiger partial charge in [0.1, 0.15) is 25.0 Å². The summed E-state index contributed by atoms with van der Waals surface area (Å²) < 4.78 is 1.38. The molecule has 0 unspecified atom stereocenters. The van der Waals surface area contributed by atoms with Crippen LogP contribution in [-0.2, 0) is 16.1 Å². The van der Waals surface area contributed by atoms with Gasteiger partial charge in [-0.05, 0) is 18.2 Å². The first-order chi connectivity index (χ1) is 9.63. The first kappa shape index (κ1) is 13.4. The van der Waals surface area contributed by atoms with Crippen molar-refractivity contribution in [1.29, 1.82) is 0 Å². The van der Waals surface area contributed by atoms with E-state index in [1.54, 1.807) is 18.2 Å². The van der Waals surface area contributed by atoms with E-state index in [1.807, 2.05) is 0 Å². The van der Waals surface area contributed by atoms with E-state index in [0.717, 1.165) is 6.08 Å². The van der Waals surface area contributed by atoms with Crippen molar-refractivity contribution >= 4 is 23.8 Å². The number of carbonyl (C=O) groups excluding carboxylic acids is 1. The molecule has 8 heteroatoms. The van der Waals surface area contributed by atoms with Crippen LogP contribution in [0.3, 0.4) is 0 Å². The van der Waals surface area contributed by atoms with Gasteiger partial charge in [0.15, 0.2) is 0 Å². The van der Waals surface area contributed by atoms with Gasteiger partial charge < -0.3 is 10.4 Å². The molecule has 0 spiro atoms. The van der Waals surface area contributed by atoms with Crippen molar-refractivity contribution in [3.05, 3.63) is 42.6 Å². The first-order valence-electron chi connectivity index (χ1n) is 5.64. The lowest BCUT2D eigenvalue weighted by Gasteiger charge is -2.04. The minimum Gasteiger partial charge on any atom is -0.478 e. The number of rotatable bonds is 5. The molecule has 20 heavy (non-hydrogen) atoms. The lowest BCUT2D eigenvalue weighted by atomic mass is 10.3. The van der Waals surface area contributed by atoms with Gasteiger partial charge in [-0.15, -0.1) is 0 Å². The minimum atomic E-state index is -1.06. The number of aliphatic carboxylic acids is 1. The smallest absolute Gasteiger partial charge is 0.328 e. The zero-order valence-corrected chi connectivity index (χ0v) is 10.3. The molecule has 0 aliphatic rings. The molecule has 0 fully saturated rings. The Morgan fingerprint density at radius 1 is 1.40 bits per heavy atom. The van der Waals surface area contributed by atoms with Crippen molar-refractivity contribution in [2.45, 2.75) is 6.54 Å². The van der Waals surface area contributed by atoms with Gasteiger partial charge in [0.25, 0.3) is 0 Å². The van der Waals surface area contributed by atoms with Crippen LogP contribution in [0, 0.1) is 0 Å². The number of carboxylic acids is 1. The molecule has 1 amide bonds. The fraction of sp³-hybridized carbons (Fsp3) is 0.0833. The lowest BCUT2D eigenvalue weighted by molar-refractivity contribution is -0.131. The molecule has 2 N–H and O–H groups in total. The highest BCUT2D eigenvalue weighted by Gasteiger charge is 2.05. The van der Waals surface area contributed by atoms with Crippen LogP contribution in [0.25, 0.3) is 6.08 Å². The lowest BCUT2D eigenvalue weighted by Crippen LogP contribution is -2.19. The van der Waals surface area contributed by atoms with Gasteiger partial charge in [-0.1, -0.05) is 6.07 Å². The molecule has 2 rings (SSSR count). The first-order valence-corrected chi connectivity index (χ1v) is 5.64. The maximum absolute atomic E-state index is 11.7. The molecular weight excluding hydrogens is 262 g/mol. The Morgan fingerprint density at radius 3 is 2.95 bits per heavy atom. The summed E-state index contributed by atoms with van der Waals surface area (Å²) in [7, 11) is 0. The molecule has 0 saturated carbocycles. The Hall–Kier alpha value is -3.03. The van der Waals surface area contributed by atoms with Crippen LogP contribution in [0.2, 0.25) is 0 Å². The van der Waals surface area contributed by atoms with Crippen molar-refractivity contribution in [3.63, 3.8) is 0 Å². The van der Waals surface area contributed by atoms with E-state index < -0.39 is 5.97 Å². The number of carbonyl (C=O) groups is 2. The van der Waals surface area contributed by atoms with E-state index in [-0.39, 0.29) is 12.5 Å². The van der Waals surface area contributed by atoms with E-state index in [1.165, 1.54) is 23.4 Å². The molecule has 8 nitrogen and oxygen atoms in total. The fourth-order valence-corrected chi connectivity index (χ4v) is 1.41. The summed E-state index contributed by atoms with van der Waals surface area (Å²) in [5.41, 5.74) is 0.436. The van der Waals surface area contributed by atoms with Crippen LogP contribution in [0.5, 0.6) is 0 Å². The molecule has 0 aliphatic carbocycles. The van der Waals surface area contributed by atoms with E-state index in [0.29, 0.717) is 11.5 Å². The van der Waals surface area contributed by atoms with Gasteiger partial charge in [-0.3, -0.25) is 4.79 Å². The summed E-state index contributed by atoms with van der Waals surface area (Å²) in [6, 6.07) is 4.91. The third kappa shape index (κ3) is 4.02. The second-order valence-electron chi connectivity index (χ2n) is 3.76. The summed E-state index contributed by atoms with van der Waals surface area (Å²) in [6.07, 6.45) is 5.08. The standard InChI is InChI=1S/C12H11N5O3/c18-11(6-17-8-13-7-14-17)16-10-3-1-2-9(15-10)4-5-12(19)20/h1-5,7-8H,6H2,(H,19,20)(H,15,16,18). The molecule has 0 atom stereocenters. The Labute approximate surface area is 113 Å². The number of nitrogens with zero attached hydrogens (tertiary/aromatic N) is 4. The van der Waals surface area contributed by atoms with Crippen LogP contribution in [0.4, 0.5) is 5.82 Å². The molecule has 2 heterocycles. The van der Waals surface area contributed by atoms with E-state index in [9.17, 15) is 9.59 Å². The average Bonchev–Trinajstić information content (AvgIpc) is 2.89. The Morgan fingerprint density at radius 2 is 2.25 bits per heavy atom. The third-order valence-electron chi connectivity index (χ3n) is 2.21. The van der Waals surface area contributed by atoms with Gasteiger partial charge in [-0.25, -0.2) is 19.4 Å². The molecule has 0 aromatic carbocycles. The van der Waals surface area contributed by atoms with Crippen molar-refractivity contribution < 1.29 is 14.7 Å².